The number of hydrogen-bond donors (Lipinski definition) is 1. The van der Waals surface area contributed by atoms with E-state index in [0.717, 1.165) is 30.0 Å². The van der Waals surface area contributed by atoms with Gasteiger partial charge in [0.2, 0.25) is 0 Å². The van der Waals surface area contributed by atoms with Crippen molar-refractivity contribution in [3.05, 3.63) is 60.2 Å². The Morgan fingerprint density at radius 2 is 1.38 bits per heavy atom. The Morgan fingerprint density at radius 1 is 0.857 bits per heavy atom. The fourth-order valence-electron chi connectivity index (χ4n) is 2.47. The third kappa shape index (κ3) is 3.14. The molecule has 2 aromatic carbocycles. The van der Waals surface area contributed by atoms with Gasteiger partial charge in [-0.15, -0.1) is 0 Å². The second kappa shape index (κ2) is 6.37. The molecule has 4 heteroatoms. The first-order chi connectivity index (χ1) is 9.70. The van der Waals surface area contributed by atoms with Gasteiger partial charge in [0.05, 0.1) is 27.1 Å². The zero-order valence-corrected chi connectivity index (χ0v) is 13.1. The molecular formula is C17H20ClNO2. The van der Waals surface area contributed by atoms with Crippen molar-refractivity contribution in [2.75, 3.05) is 20.6 Å². The quantitative estimate of drug-likeness (QED) is 0.771. The van der Waals surface area contributed by atoms with Crippen LogP contribution < -0.4 is 26.8 Å². The lowest BCUT2D eigenvalue weighted by molar-refractivity contribution is -0.859. The van der Waals surface area contributed by atoms with E-state index in [9.17, 15) is 0 Å². The van der Waals surface area contributed by atoms with E-state index >= 15 is 0 Å². The van der Waals surface area contributed by atoms with E-state index in [-0.39, 0.29) is 12.4 Å². The average molecular weight is 306 g/mol. The van der Waals surface area contributed by atoms with Crippen molar-refractivity contribution in [1.82, 2.24) is 0 Å². The molecule has 112 valence electrons. The van der Waals surface area contributed by atoms with Crippen LogP contribution in [0.5, 0.6) is 11.5 Å². The normalized spacial score (nSPS) is 14.8. The van der Waals surface area contributed by atoms with Gasteiger partial charge in [0.25, 0.3) is 5.79 Å². The van der Waals surface area contributed by atoms with E-state index in [1.807, 2.05) is 42.5 Å². The first-order valence-electron chi connectivity index (χ1n) is 7.01. The standard InChI is InChI=1S/C17H19NO2.ClH/c1-18(2)13-12-17(14-8-4-3-5-9-14)19-15-10-6-7-11-16(15)20-17;/h3-11H,12-13H2,1-2H3;1H. The maximum absolute atomic E-state index is 6.20. The summed E-state index contributed by atoms with van der Waals surface area (Å²) >= 11 is 0. The van der Waals surface area contributed by atoms with Crippen molar-refractivity contribution in [1.29, 1.82) is 0 Å². The molecule has 0 bridgehead atoms. The molecule has 0 spiro atoms. The van der Waals surface area contributed by atoms with E-state index < -0.39 is 5.79 Å². The van der Waals surface area contributed by atoms with Crippen LogP contribution >= 0.6 is 0 Å². The van der Waals surface area contributed by atoms with Crippen LogP contribution in [0.1, 0.15) is 12.0 Å². The Hall–Kier alpha value is -1.71. The Labute approximate surface area is 131 Å². The summed E-state index contributed by atoms with van der Waals surface area (Å²) in [5.41, 5.74) is 1.07. The van der Waals surface area contributed by atoms with Crippen molar-refractivity contribution in [2.24, 2.45) is 0 Å². The number of rotatable bonds is 4. The highest BCUT2D eigenvalue weighted by Crippen LogP contribution is 2.45. The Morgan fingerprint density at radius 3 is 1.90 bits per heavy atom. The molecule has 0 saturated heterocycles. The molecule has 0 unspecified atom stereocenters. The lowest BCUT2D eigenvalue weighted by Gasteiger charge is -2.28. The van der Waals surface area contributed by atoms with Crippen LogP contribution in [-0.4, -0.2) is 20.6 Å². The monoisotopic (exact) mass is 305 g/mol. The van der Waals surface area contributed by atoms with Gasteiger partial charge in [0.1, 0.15) is 0 Å². The van der Waals surface area contributed by atoms with Crippen molar-refractivity contribution in [3.63, 3.8) is 0 Å². The predicted octanol–water partition coefficient (Wildman–Crippen LogP) is -1.15. The number of nitrogens with one attached hydrogen (secondary N) is 1. The van der Waals surface area contributed by atoms with Gasteiger partial charge in [0, 0.05) is 5.56 Å². The maximum atomic E-state index is 6.20. The summed E-state index contributed by atoms with van der Waals surface area (Å²) in [6, 6.07) is 18.1. The predicted molar refractivity (Wildman–Crippen MR) is 78.1 cm³/mol. The number of quaternary nitrogens is 1. The topological polar surface area (TPSA) is 22.9 Å². The molecule has 0 atom stereocenters. The summed E-state index contributed by atoms with van der Waals surface area (Å²) in [6.45, 7) is 0.975. The summed E-state index contributed by atoms with van der Waals surface area (Å²) in [4.78, 5) is 1.38. The van der Waals surface area contributed by atoms with Crippen LogP contribution in [0.4, 0.5) is 0 Å². The number of ether oxygens (including phenoxy) is 2. The highest BCUT2D eigenvalue weighted by atomic mass is 35.5. The number of para-hydroxylation sites is 2. The zero-order valence-electron chi connectivity index (χ0n) is 12.3. The van der Waals surface area contributed by atoms with Crippen molar-refractivity contribution >= 4 is 0 Å². The third-order valence-corrected chi connectivity index (χ3v) is 3.57. The minimum Gasteiger partial charge on any atom is -1.00 e. The van der Waals surface area contributed by atoms with Crippen LogP contribution in [0, 0.1) is 0 Å². The van der Waals surface area contributed by atoms with E-state index in [4.69, 9.17) is 9.47 Å². The molecule has 3 nitrogen and oxygen atoms in total. The molecule has 0 fully saturated rings. The molecule has 3 rings (SSSR count). The van der Waals surface area contributed by atoms with E-state index in [1.165, 1.54) is 4.90 Å². The van der Waals surface area contributed by atoms with E-state index in [1.54, 1.807) is 0 Å². The zero-order chi connectivity index (χ0) is 14.0. The second-order valence-electron chi connectivity index (χ2n) is 5.48. The van der Waals surface area contributed by atoms with Gasteiger partial charge >= 0.3 is 0 Å². The number of benzene rings is 2. The van der Waals surface area contributed by atoms with E-state index in [2.05, 4.69) is 26.2 Å². The van der Waals surface area contributed by atoms with Crippen LogP contribution in [-0.2, 0) is 5.79 Å². The second-order valence-corrected chi connectivity index (χ2v) is 5.48. The number of hydrogen-bond acceptors (Lipinski definition) is 2. The smallest absolute Gasteiger partial charge is 0.283 e. The third-order valence-electron chi connectivity index (χ3n) is 3.57. The summed E-state index contributed by atoms with van der Waals surface area (Å²) in [6.07, 6.45) is 0.814. The van der Waals surface area contributed by atoms with Crippen LogP contribution in [0.2, 0.25) is 0 Å². The summed E-state index contributed by atoms with van der Waals surface area (Å²) in [7, 11) is 4.28. The molecule has 0 aliphatic carbocycles. The van der Waals surface area contributed by atoms with Gasteiger partial charge in [-0.25, -0.2) is 0 Å². The highest BCUT2D eigenvalue weighted by Gasteiger charge is 2.43. The summed E-state index contributed by atoms with van der Waals surface area (Å²) in [5.74, 6) is 0.956. The van der Waals surface area contributed by atoms with Crippen molar-refractivity contribution in [2.45, 2.75) is 12.2 Å². The molecular weight excluding hydrogens is 286 g/mol. The van der Waals surface area contributed by atoms with Gasteiger partial charge in [-0.2, -0.15) is 0 Å². The average Bonchev–Trinajstić information content (AvgIpc) is 2.86. The lowest BCUT2D eigenvalue weighted by atomic mass is 10.0. The summed E-state index contributed by atoms with van der Waals surface area (Å²) < 4.78 is 12.4. The lowest BCUT2D eigenvalue weighted by Crippen LogP contribution is -3.06. The van der Waals surface area contributed by atoms with Gasteiger partial charge in [-0.05, 0) is 12.1 Å². The van der Waals surface area contributed by atoms with Crippen LogP contribution in [0.15, 0.2) is 54.6 Å². The molecule has 1 N–H and O–H groups in total. The molecule has 0 saturated carbocycles. The van der Waals surface area contributed by atoms with E-state index in [0.29, 0.717) is 0 Å². The Balaban J connectivity index is 0.00000161. The fraction of sp³-hybridized carbons (Fsp3) is 0.294. The molecule has 1 aliphatic rings. The molecule has 0 radical (unpaired) electrons. The maximum Gasteiger partial charge on any atom is 0.283 e. The number of fused-ring (bicyclic) bond motifs is 1. The molecule has 0 aromatic heterocycles. The minimum absolute atomic E-state index is 0. The van der Waals surface area contributed by atoms with Gasteiger partial charge < -0.3 is 26.8 Å². The van der Waals surface area contributed by atoms with Crippen molar-refractivity contribution in [3.8, 4) is 11.5 Å². The van der Waals surface area contributed by atoms with Crippen LogP contribution in [0.3, 0.4) is 0 Å². The first-order valence-corrected chi connectivity index (χ1v) is 7.01. The molecule has 21 heavy (non-hydrogen) atoms. The van der Waals surface area contributed by atoms with Gasteiger partial charge in [0.15, 0.2) is 11.5 Å². The van der Waals surface area contributed by atoms with Gasteiger partial charge in [-0.3, -0.25) is 0 Å². The summed E-state index contributed by atoms with van der Waals surface area (Å²) in [5, 5.41) is 0. The molecule has 0 amide bonds. The SMILES string of the molecule is C[NH+](C)CCC1(c2ccccc2)Oc2ccccc2O1.[Cl-]. The molecule has 2 aromatic rings. The molecule has 1 heterocycles. The fourth-order valence-corrected chi connectivity index (χ4v) is 2.47. The van der Waals surface area contributed by atoms with Crippen molar-refractivity contribution < 1.29 is 26.8 Å². The van der Waals surface area contributed by atoms with Crippen LogP contribution in [0.25, 0.3) is 0 Å². The molecule has 1 aliphatic heterocycles. The minimum atomic E-state index is -0.692. The van der Waals surface area contributed by atoms with Gasteiger partial charge in [-0.1, -0.05) is 42.5 Å². The Bertz CT molecular complexity index is 561. The highest BCUT2D eigenvalue weighted by molar-refractivity contribution is 5.44. The number of halogens is 1. The first kappa shape index (κ1) is 15.7. The Kier molecular flexibility index (Phi) is 4.76. The largest absolute Gasteiger partial charge is 1.00 e.